The smallest absolute Gasteiger partial charge is 0.234 e. The monoisotopic (exact) mass is 228 g/mol. The minimum atomic E-state index is -3.41. The molecule has 0 aromatic heterocycles. The molecular weight excluding hydrogens is 216 g/mol. The highest BCUT2D eigenvalue weighted by Gasteiger charge is 2.15. The van der Waals surface area contributed by atoms with Crippen LogP contribution in [-0.4, -0.2) is 40.1 Å². The maximum Gasteiger partial charge on any atom is 0.234 e. The van der Waals surface area contributed by atoms with Crippen LogP contribution in [0.15, 0.2) is 0 Å². The first-order valence-corrected chi connectivity index (χ1v) is 6.67. The normalized spacial score (nSPS) is 23.6. The summed E-state index contributed by atoms with van der Waals surface area (Å²) >= 11 is 0. The first-order chi connectivity index (χ1) is 6.08. The molecule has 0 saturated carbocycles. The van der Waals surface area contributed by atoms with E-state index in [1.54, 1.807) is 0 Å². The van der Waals surface area contributed by atoms with Crippen molar-refractivity contribution in [2.45, 2.75) is 18.9 Å². The molecule has 0 spiro atoms. The van der Waals surface area contributed by atoms with Gasteiger partial charge in [0, 0.05) is 17.3 Å². The molecule has 78 valence electrons. The Balaban J connectivity index is 2.01. The number of hydrogen-bond donors (Lipinski definition) is 0. The average molecular weight is 229 g/mol. The Hall–Kier alpha value is 0.160. The molecule has 1 saturated heterocycles. The molecule has 1 rings (SSSR count). The van der Waals surface area contributed by atoms with E-state index >= 15 is 0 Å². The van der Waals surface area contributed by atoms with Crippen molar-refractivity contribution in [2.24, 2.45) is 0 Å². The van der Waals surface area contributed by atoms with E-state index in [2.05, 4.69) is 0 Å². The molecule has 1 fully saturated rings. The molecule has 1 heterocycles. The van der Waals surface area contributed by atoms with E-state index in [0.29, 0.717) is 6.61 Å². The maximum absolute atomic E-state index is 10.5. The van der Waals surface area contributed by atoms with E-state index in [-0.39, 0.29) is 18.5 Å². The number of halogens is 1. The molecule has 4 nitrogen and oxygen atoms in total. The van der Waals surface area contributed by atoms with E-state index in [1.165, 1.54) is 0 Å². The van der Waals surface area contributed by atoms with Crippen molar-refractivity contribution >= 4 is 19.7 Å². The Labute approximate surface area is 82.6 Å². The first-order valence-electron chi connectivity index (χ1n) is 4.19. The molecule has 0 bridgehead atoms. The zero-order chi connectivity index (χ0) is 9.73. The van der Waals surface area contributed by atoms with Crippen LogP contribution < -0.4 is 0 Å². The van der Waals surface area contributed by atoms with Crippen LogP contribution in [0.2, 0.25) is 0 Å². The summed E-state index contributed by atoms with van der Waals surface area (Å²) in [5.41, 5.74) is 0. The van der Waals surface area contributed by atoms with Crippen LogP contribution >= 0.6 is 10.7 Å². The van der Waals surface area contributed by atoms with Crippen molar-refractivity contribution in [1.82, 2.24) is 0 Å². The second-order valence-electron chi connectivity index (χ2n) is 2.95. The van der Waals surface area contributed by atoms with E-state index in [4.69, 9.17) is 20.2 Å². The van der Waals surface area contributed by atoms with E-state index in [0.717, 1.165) is 19.4 Å². The van der Waals surface area contributed by atoms with Crippen molar-refractivity contribution in [3.05, 3.63) is 0 Å². The molecule has 0 amide bonds. The molecule has 0 aromatic carbocycles. The summed E-state index contributed by atoms with van der Waals surface area (Å²) in [6.07, 6.45) is 2.19. The summed E-state index contributed by atoms with van der Waals surface area (Å²) in [6, 6.07) is 0. The van der Waals surface area contributed by atoms with Crippen molar-refractivity contribution in [3.8, 4) is 0 Å². The van der Waals surface area contributed by atoms with Gasteiger partial charge in [0.1, 0.15) is 0 Å². The van der Waals surface area contributed by atoms with Crippen LogP contribution in [-0.2, 0) is 18.5 Å². The highest BCUT2D eigenvalue weighted by molar-refractivity contribution is 8.13. The van der Waals surface area contributed by atoms with Crippen molar-refractivity contribution < 1.29 is 17.9 Å². The van der Waals surface area contributed by atoms with Crippen molar-refractivity contribution in [1.29, 1.82) is 0 Å². The summed E-state index contributed by atoms with van der Waals surface area (Å²) in [7, 11) is 1.58. The molecular formula is C7H13ClO4S. The number of hydrogen-bond acceptors (Lipinski definition) is 4. The van der Waals surface area contributed by atoms with Crippen LogP contribution in [0.1, 0.15) is 12.8 Å². The maximum atomic E-state index is 10.5. The van der Waals surface area contributed by atoms with Gasteiger partial charge in [-0.2, -0.15) is 0 Å². The quantitative estimate of drug-likeness (QED) is 0.515. The lowest BCUT2D eigenvalue weighted by Gasteiger charge is -2.08. The highest BCUT2D eigenvalue weighted by atomic mass is 35.7. The topological polar surface area (TPSA) is 52.6 Å². The van der Waals surface area contributed by atoms with E-state index < -0.39 is 9.05 Å². The Morgan fingerprint density at radius 2 is 2.31 bits per heavy atom. The van der Waals surface area contributed by atoms with Gasteiger partial charge in [-0.15, -0.1) is 0 Å². The fourth-order valence-electron chi connectivity index (χ4n) is 1.15. The van der Waals surface area contributed by atoms with Gasteiger partial charge in [0.05, 0.1) is 25.1 Å². The van der Waals surface area contributed by atoms with Gasteiger partial charge in [0.25, 0.3) is 0 Å². The third-order valence-electron chi connectivity index (χ3n) is 1.80. The summed E-state index contributed by atoms with van der Waals surface area (Å²) in [6.45, 7) is 1.39. The SMILES string of the molecule is O=S(=O)(Cl)CCOCC1CCCO1. The second kappa shape index (κ2) is 5.14. The predicted octanol–water partition coefficient (Wildman–Crippen LogP) is 0.751. The average Bonchev–Trinajstić information content (AvgIpc) is 2.48. The Bertz CT molecular complexity index is 233. The summed E-state index contributed by atoms with van der Waals surface area (Å²) < 4.78 is 31.3. The molecule has 0 aliphatic carbocycles. The summed E-state index contributed by atoms with van der Waals surface area (Å²) in [4.78, 5) is 0. The van der Waals surface area contributed by atoms with Crippen LogP contribution in [0.3, 0.4) is 0 Å². The molecule has 13 heavy (non-hydrogen) atoms. The zero-order valence-electron chi connectivity index (χ0n) is 7.24. The fourth-order valence-corrected chi connectivity index (χ4v) is 1.65. The summed E-state index contributed by atoms with van der Waals surface area (Å²) in [5, 5.41) is 0. The first kappa shape index (κ1) is 11.2. The zero-order valence-corrected chi connectivity index (χ0v) is 8.81. The lowest BCUT2D eigenvalue weighted by atomic mass is 10.2. The Kier molecular flexibility index (Phi) is 4.45. The lowest BCUT2D eigenvalue weighted by molar-refractivity contribution is 0.0223. The molecule has 0 aromatic rings. The van der Waals surface area contributed by atoms with Gasteiger partial charge < -0.3 is 9.47 Å². The van der Waals surface area contributed by atoms with Gasteiger partial charge in [-0.1, -0.05) is 0 Å². The lowest BCUT2D eigenvalue weighted by Crippen LogP contribution is -2.16. The Morgan fingerprint density at radius 1 is 1.54 bits per heavy atom. The third-order valence-corrected chi connectivity index (χ3v) is 2.92. The van der Waals surface area contributed by atoms with Gasteiger partial charge in [-0.3, -0.25) is 0 Å². The molecule has 1 unspecified atom stereocenters. The molecule has 1 aliphatic heterocycles. The number of ether oxygens (including phenoxy) is 2. The van der Waals surface area contributed by atoms with E-state index in [9.17, 15) is 8.42 Å². The van der Waals surface area contributed by atoms with Crippen LogP contribution in [0.5, 0.6) is 0 Å². The minimum absolute atomic E-state index is 0.137. The largest absolute Gasteiger partial charge is 0.378 e. The molecule has 0 N–H and O–H groups in total. The van der Waals surface area contributed by atoms with Crippen molar-refractivity contribution in [2.75, 3.05) is 25.6 Å². The standard InChI is InChI=1S/C7H13ClO4S/c8-13(9,10)5-4-11-6-7-2-1-3-12-7/h7H,1-6H2. The van der Waals surface area contributed by atoms with Gasteiger partial charge >= 0.3 is 0 Å². The minimum Gasteiger partial charge on any atom is -0.378 e. The van der Waals surface area contributed by atoms with Crippen molar-refractivity contribution in [3.63, 3.8) is 0 Å². The second-order valence-corrected chi connectivity index (χ2v) is 5.85. The van der Waals surface area contributed by atoms with Gasteiger partial charge in [0.15, 0.2) is 0 Å². The van der Waals surface area contributed by atoms with Crippen LogP contribution in [0, 0.1) is 0 Å². The molecule has 0 radical (unpaired) electrons. The van der Waals surface area contributed by atoms with Crippen LogP contribution in [0.25, 0.3) is 0 Å². The van der Waals surface area contributed by atoms with Gasteiger partial charge in [-0.25, -0.2) is 8.42 Å². The molecule has 1 atom stereocenters. The fraction of sp³-hybridized carbons (Fsp3) is 1.00. The third kappa shape index (κ3) is 5.46. The van der Waals surface area contributed by atoms with Crippen LogP contribution in [0.4, 0.5) is 0 Å². The van der Waals surface area contributed by atoms with Gasteiger partial charge in [0.2, 0.25) is 9.05 Å². The molecule has 1 aliphatic rings. The van der Waals surface area contributed by atoms with Gasteiger partial charge in [-0.05, 0) is 12.8 Å². The number of rotatable bonds is 5. The highest BCUT2D eigenvalue weighted by Crippen LogP contribution is 2.11. The van der Waals surface area contributed by atoms with E-state index in [1.807, 2.05) is 0 Å². The molecule has 6 heteroatoms. The predicted molar refractivity (Wildman–Crippen MR) is 49.4 cm³/mol. The summed E-state index contributed by atoms with van der Waals surface area (Å²) in [5.74, 6) is -0.138. The Morgan fingerprint density at radius 3 is 2.85 bits per heavy atom.